The molecule has 1 aromatic rings. The lowest BCUT2D eigenvalue weighted by Crippen LogP contribution is -2.30. The van der Waals surface area contributed by atoms with Crippen molar-refractivity contribution in [3.63, 3.8) is 0 Å². The van der Waals surface area contributed by atoms with Gasteiger partial charge in [0.25, 0.3) is 0 Å². The van der Waals surface area contributed by atoms with Crippen LogP contribution in [0, 0.1) is 29.0 Å². The van der Waals surface area contributed by atoms with E-state index in [1.54, 1.807) is 13.8 Å². The molecule has 1 aliphatic rings. The Hall–Kier alpha value is -2.22. The van der Waals surface area contributed by atoms with E-state index in [0.717, 1.165) is 11.0 Å². The van der Waals surface area contributed by atoms with Gasteiger partial charge in [0.15, 0.2) is 0 Å². The van der Waals surface area contributed by atoms with E-state index in [0.29, 0.717) is 0 Å². The average Bonchev–Trinajstić information content (AvgIpc) is 2.58. The first-order valence-corrected chi connectivity index (χ1v) is 5.99. The monoisotopic (exact) mass is 260 g/mol. The first-order valence-electron chi connectivity index (χ1n) is 5.99. The second-order valence-corrected chi connectivity index (χ2v) is 4.76. The van der Waals surface area contributed by atoms with Crippen LogP contribution in [0.5, 0.6) is 0 Å². The maximum absolute atomic E-state index is 13.7. The number of carbonyl (C=O) groups excluding carboxylic acids is 2. The van der Waals surface area contributed by atoms with Gasteiger partial charge in [0, 0.05) is 17.4 Å². The fourth-order valence-electron chi connectivity index (χ4n) is 2.10. The van der Waals surface area contributed by atoms with Gasteiger partial charge in [-0.3, -0.25) is 14.5 Å². The topological polar surface area (TPSA) is 61.2 Å². The van der Waals surface area contributed by atoms with E-state index in [4.69, 9.17) is 5.26 Å². The molecule has 5 heteroatoms. The number of likely N-dealkylation sites (tertiary alicyclic amines) is 1. The van der Waals surface area contributed by atoms with Gasteiger partial charge in [0.1, 0.15) is 5.82 Å². The second-order valence-electron chi connectivity index (χ2n) is 4.76. The van der Waals surface area contributed by atoms with Gasteiger partial charge >= 0.3 is 0 Å². The first kappa shape index (κ1) is 13.2. The smallest absolute Gasteiger partial charge is 0.233 e. The third kappa shape index (κ3) is 2.22. The Morgan fingerprint density at radius 1 is 1.26 bits per heavy atom. The van der Waals surface area contributed by atoms with Crippen molar-refractivity contribution in [2.24, 2.45) is 11.8 Å². The van der Waals surface area contributed by atoms with Crippen molar-refractivity contribution >= 4 is 11.8 Å². The van der Waals surface area contributed by atoms with E-state index in [1.807, 2.05) is 6.07 Å². The molecule has 1 aliphatic heterocycles. The Bertz CT molecular complexity index is 572. The molecule has 1 heterocycles. The number of halogens is 1. The summed E-state index contributed by atoms with van der Waals surface area (Å²) in [6.07, 6.45) is 0. The summed E-state index contributed by atoms with van der Waals surface area (Å²) in [6.45, 7) is 3.31. The van der Waals surface area contributed by atoms with Crippen molar-refractivity contribution in [2.75, 3.05) is 0 Å². The van der Waals surface area contributed by atoms with Crippen LogP contribution in [0.3, 0.4) is 0 Å². The molecule has 0 spiro atoms. The molecule has 4 nitrogen and oxygen atoms in total. The van der Waals surface area contributed by atoms with Crippen LogP contribution in [0.4, 0.5) is 4.39 Å². The Morgan fingerprint density at radius 3 is 2.32 bits per heavy atom. The van der Waals surface area contributed by atoms with Crippen molar-refractivity contribution < 1.29 is 14.0 Å². The van der Waals surface area contributed by atoms with Gasteiger partial charge in [-0.25, -0.2) is 4.39 Å². The van der Waals surface area contributed by atoms with Gasteiger partial charge in [0.2, 0.25) is 11.8 Å². The van der Waals surface area contributed by atoms with E-state index < -0.39 is 5.82 Å². The minimum absolute atomic E-state index is 0.0795. The van der Waals surface area contributed by atoms with Crippen LogP contribution in [0.25, 0.3) is 0 Å². The lowest BCUT2D eigenvalue weighted by atomic mass is 10.00. The van der Waals surface area contributed by atoms with Crippen LogP contribution in [-0.2, 0) is 16.1 Å². The third-order valence-corrected chi connectivity index (χ3v) is 3.57. The zero-order valence-electron chi connectivity index (χ0n) is 10.7. The molecule has 0 N–H and O–H groups in total. The maximum atomic E-state index is 13.7. The zero-order valence-corrected chi connectivity index (χ0v) is 10.7. The molecule has 0 radical (unpaired) electrons. The predicted octanol–water partition coefficient (Wildman–Crippen LogP) is 1.84. The van der Waals surface area contributed by atoms with Crippen LogP contribution in [0.1, 0.15) is 25.0 Å². The van der Waals surface area contributed by atoms with E-state index in [9.17, 15) is 14.0 Å². The Kier molecular flexibility index (Phi) is 3.34. The largest absolute Gasteiger partial charge is 0.278 e. The van der Waals surface area contributed by atoms with E-state index >= 15 is 0 Å². The minimum atomic E-state index is -0.577. The number of benzene rings is 1. The SMILES string of the molecule is CC1C(=O)N(Cc2ccc(C#N)cc2F)C(=O)C1C. The molecule has 2 unspecified atom stereocenters. The Labute approximate surface area is 110 Å². The number of amides is 2. The van der Waals surface area contributed by atoms with Gasteiger partial charge < -0.3 is 0 Å². The van der Waals surface area contributed by atoms with Gasteiger partial charge in [-0.2, -0.15) is 5.26 Å². The highest BCUT2D eigenvalue weighted by Gasteiger charge is 2.42. The summed E-state index contributed by atoms with van der Waals surface area (Å²) in [7, 11) is 0. The normalized spacial score (nSPS) is 22.7. The first-order chi connectivity index (χ1) is 8.95. The van der Waals surface area contributed by atoms with Crippen LogP contribution in [0.15, 0.2) is 18.2 Å². The highest BCUT2D eigenvalue weighted by atomic mass is 19.1. The summed E-state index contributed by atoms with van der Waals surface area (Å²) in [5.41, 5.74) is 0.448. The average molecular weight is 260 g/mol. The number of nitriles is 1. The number of rotatable bonds is 2. The van der Waals surface area contributed by atoms with Gasteiger partial charge in [0.05, 0.1) is 18.2 Å². The molecule has 1 aromatic carbocycles. The number of hydrogen-bond acceptors (Lipinski definition) is 3. The molecular formula is C14H13FN2O2. The summed E-state index contributed by atoms with van der Waals surface area (Å²) < 4.78 is 13.7. The van der Waals surface area contributed by atoms with Gasteiger partial charge in [-0.15, -0.1) is 0 Å². The highest BCUT2D eigenvalue weighted by Crippen LogP contribution is 2.27. The number of hydrogen-bond donors (Lipinski definition) is 0. The summed E-state index contributed by atoms with van der Waals surface area (Å²) in [5.74, 6) is -1.86. The summed E-state index contributed by atoms with van der Waals surface area (Å²) in [5, 5.41) is 8.66. The quantitative estimate of drug-likeness (QED) is 0.762. The van der Waals surface area contributed by atoms with Crippen LogP contribution < -0.4 is 0 Å². The van der Waals surface area contributed by atoms with Crippen molar-refractivity contribution in [2.45, 2.75) is 20.4 Å². The number of imide groups is 1. The Morgan fingerprint density at radius 2 is 1.84 bits per heavy atom. The van der Waals surface area contributed by atoms with Crippen LogP contribution >= 0.6 is 0 Å². The lowest BCUT2D eigenvalue weighted by molar-refractivity contribution is -0.140. The molecule has 1 saturated heterocycles. The molecule has 2 amide bonds. The maximum Gasteiger partial charge on any atom is 0.233 e. The van der Waals surface area contributed by atoms with E-state index in [2.05, 4.69) is 0 Å². The molecule has 2 rings (SSSR count). The fourth-order valence-corrected chi connectivity index (χ4v) is 2.10. The van der Waals surface area contributed by atoms with Crippen molar-refractivity contribution in [1.82, 2.24) is 4.90 Å². The van der Waals surface area contributed by atoms with Crippen LogP contribution in [-0.4, -0.2) is 16.7 Å². The molecular weight excluding hydrogens is 247 g/mol. The highest BCUT2D eigenvalue weighted by molar-refractivity contribution is 6.04. The molecule has 98 valence electrons. The van der Waals surface area contributed by atoms with Crippen molar-refractivity contribution in [3.8, 4) is 6.07 Å². The van der Waals surface area contributed by atoms with E-state index in [-0.39, 0.29) is 41.3 Å². The molecule has 0 aromatic heterocycles. The molecule has 2 atom stereocenters. The zero-order chi connectivity index (χ0) is 14.2. The van der Waals surface area contributed by atoms with Gasteiger partial charge in [-0.1, -0.05) is 19.9 Å². The van der Waals surface area contributed by atoms with Crippen molar-refractivity contribution in [1.29, 1.82) is 5.26 Å². The molecule has 0 aliphatic carbocycles. The Balaban J connectivity index is 2.25. The van der Waals surface area contributed by atoms with Crippen LogP contribution in [0.2, 0.25) is 0 Å². The summed E-state index contributed by atoms with van der Waals surface area (Å²) >= 11 is 0. The summed E-state index contributed by atoms with van der Waals surface area (Å²) in [4.78, 5) is 24.9. The minimum Gasteiger partial charge on any atom is -0.278 e. The third-order valence-electron chi connectivity index (χ3n) is 3.57. The second kappa shape index (κ2) is 4.81. The van der Waals surface area contributed by atoms with E-state index in [1.165, 1.54) is 12.1 Å². The molecule has 19 heavy (non-hydrogen) atoms. The number of nitrogens with zero attached hydrogens (tertiary/aromatic N) is 2. The van der Waals surface area contributed by atoms with Crippen molar-refractivity contribution in [3.05, 3.63) is 35.1 Å². The standard InChI is InChI=1S/C14H13FN2O2/c1-8-9(2)14(19)17(13(8)18)7-11-4-3-10(6-16)5-12(11)15/h3-5,8-9H,7H2,1-2H3. The van der Waals surface area contributed by atoms with Gasteiger partial charge in [-0.05, 0) is 12.1 Å². The predicted molar refractivity (Wildman–Crippen MR) is 65.0 cm³/mol. The fraction of sp³-hybridized carbons (Fsp3) is 0.357. The summed E-state index contributed by atoms with van der Waals surface area (Å²) in [6, 6.07) is 5.84. The number of carbonyl (C=O) groups is 2. The molecule has 0 saturated carbocycles. The molecule has 0 bridgehead atoms. The lowest BCUT2D eigenvalue weighted by Gasteiger charge is -2.15. The molecule has 1 fully saturated rings.